The van der Waals surface area contributed by atoms with Gasteiger partial charge in [-0.05, 0) is 49.4 Å². The van der Waals surface area contributed by atoms with Gasteiger partial charge in [0.25, 0.3) is 5.91 Å². The number of pyridine rings is 1. The molecule has 1 fully saturated rings. The van der Waals surface area contributed by atoms with Crippen molar-refractivity contribution in [3.63, 3.8) is 0 Å². The molecule has 1 aliphatic carbocycles. The molecule has 2 aromatic rings. The smallest absolute Gasteiger partial charge is 0.278 e. The molecular weight excluding hydrogens is 404 g/mol. The molecule has 1 saturated carbocycles. The largest absolute Gasteiger partial charge is 0.353 e. The molecule has 3 rings (SSSR count). The summed E-state index contributed by atoms with van der Waals surface area (Å²) >= 11 is 6.00. The van der Waals surface area contributed by atoms with E-state index in [9.17, 15) is 13.2 Å². The van der Waals surface area contributed by atoms with Crippen LogP contribution >= 0.6 is 11.6 Å². The van der Waals surface area contributed by atoms with Crippen LogP contribution in [0.1, 0.15) is 41.6 Å². The Kier molecular flexibility index (Phi) is 6.38. The molecule has 0 bridgehead atoms. The summed E-state index contributed by atoms with van der Waals surface area (Å²) in [6, 6.07) is 7.11. The normalized spacial score (nSPS) is 13.4. The first-order valence-corrected chi connectivity index (χ1v) is 10.3. The fraction of sp³-hybridized carbons (Fsp3) is 0.333. The third-order valence-electron chi connectivity index (χ3n) is 4.36. The van der Waals surface area contributed by atoms with Gasteiger partial charge < -0.3 is 5.32 Å². The van der Waals surface area contributed by atoms with E-state index in [-0.39, 0.29) is 10.7 Å². The second-order valence-corrected chi connectivity index (χ2v) is 7.82. The van der Waals surface area contributed by atoms with Crippen molar-refractivity contribution >= 4 is 45.5 Å². The number of amides is 1. The number of aromatic nitrogens is 1. The summed E-state index contributed by atoms with van der Waals surface area (Å²) in [5.74, 6) is -0.0263. The van der Waals surface area contributed by atoms with E-state index in [0.717, 1.165) is 18.4 Å². The Hall–Kier alpha value is -2.36. The van der Waals surface area contributed by atoms with Crippen molar-refractivity contribution in [1.29, 1.82) is 0 Å². The zero-order valence-corrected chi connectivity index (χ0v) is 17.1. The van der Waals surface area contributed by atoms with E-state index in [2.05, 4.69) is 15.8 Å². The first kappa shape index (κ1) is 20.4. The van der Waals surface area contributed by atoms with Crippen LogP contribution in [0.4, 0.5) is 17.1 Å². The number of carbonyl (C=O) groups excluding carboxylic acids is 1. The van der Waals surface area contributed by atoms with Crippen LogP contribution in [0.15, 0.2) is 30.5 Å². The number of hydrogen-bond acceptors (Lipinski definition) is 6. The summed E-state index contributed by atoms with van der Waals surface area (Å²) in [4.78, 5) is 21.2. The van der Waals surface area contributed by atoms with Crippen molar-refractivity contribution in [3.8, 4) is 0 Å². The average Bonchev–Trinajstić information content (AvgIpc) is 3.51. The van der Waals surface area contributed by atoms with Gasteiger partial charge in [0, 0.05) is 13.2 Å². The van der Waals surface area contributed by atoms with Gasteiger partial charge in [0.1, 0.15) is 5.15 Å². The zero-order chi connectivity index (χ0) is 20.3. The molecular formula is C18H21ClN4O4S. The van der Waals surface area contributed by atoms with Crippen LogP contribution in [0.3, 0.4) is 0 Å². The van der Waals surface area contributed by atoms with Gasteiger partial charge >= 0.3 is 0 Å². The van der Waals surface area contributed by atoms with Crippen molar-refractivity contribution in [2.75, 3.05) is 23.3 Å². The molecule has 1 heterocycles. The second kappa shape index (κ2) is 8.76. The number of rotatable bonds is 8. The lowest BCUT2D eigenvalue weighted by atomic mass is 10.1. The van der Waals surface area contributed by atoms with Crippen LogP contribution in [-0.4, -0.2) is 33.0 Å². The first-order valence-electron chi connectivity index (χ1n) is 8.77. The summed E-state index contributed by atoms with van der Waals surface area (Å²) in [5.41, 5.74) is 5.01. The van der Waals surface area contributed by atoms with Crippen LogP contribution in [-0.2, 0) is 15.7 Å². The monoisotopic (exact) mass is 424 g/mol. The first-order chi connectivity index (χ1) is 13.4. The maximum atomic E-state index is 12.3. The summed E-state index contributed by atoms with van der Waals surface area (Å²) in [7, 11) is -1.34. The lowest BCUT2D eigenvalue weighted by Crippen LogP contribution is -2.24. The van der Waals surface area contributed by atoms with Gasteiger partial charge in [-0.3, -0.25) is 13.9 Å². The average molecular weight is 425 g/mol. The predicted octanol–water partition coefficient (Wildman–Crippen LogP) is 3.00. The summed E-state index contributed by atoms with van der Waals surface area (Å²) in [6.07, 6.45) is 3.53. The quantitative estimate of drug-likeness (QED) is 0.342. The van der Waals surface area contributed by atoms with E-state index in [1.165, 1.54) is 23.6 Å². The molecule has 8 nitrogen and oxygen atoms in total. The van der Waals surface area contributed by atoms with Crippen LogP contribution in [0.25, 0.3) is 0 Å². The van der Waals surface area contributed by atoms with Crippen molar-refractivity contribution in [1.82, 2.24) is 10.5 Å². The number of hydroxylamine groups is 1. The Balaban J connectivity index is 1.99. The van der Waals surface area contributed by atoms with Crippen LogP contribution in [0.5, 0.6) is 0 Å². The van der Waals surface area contributed by atoms with E-state index >= 15 is 0 Å². The van der Waals surface area contributed by atoms with Gasteiger partial charge in [-0.2, -0.15) is 0 Å². The standard InChI is InChI=1S/C18H21ClN4O4S/c1-3-27-22-18(24)13-10-20-17(19)9-15(13)21-14-7-6-12(11-4-5-11)8-16(14)23(2)28(25)26/h6-11,28H,3-5H2,1-2H3,(H,20,21)(H,22,24). The van der Waals surface area contributed by atoms with Gasteiger partial charge in [-0.25, -0.2) is 18.9 Å². The molecule has 1 aliphatic rings. The van der Waals surface area contributed by atoms with Crippen LogP contribution in [0.2, 0.25) is 5.15 Å². The van der Waals surface area contributed by atoms with Crippen LogP contribution in [0, 0.1) is 0 Å². The highest BCUT2D eigenvalue weighted by atomic mass is 35.5. The molecule has 0 spiro atoms. The Morgan fingerprint density at radius 1 is 1.32 bits per heavy atom. The predicted molar refractivity (Wildman–Crippen MR) is 109 cm³/mol. The van der Waals surface area contributed by atoms with Crippen molar-refractivity contribution < 1.29 is 18.0 Å². The number of hydrogen-bond donors (Lipinski definition) is 3. The lowest BCUT2D eigenvalue weighted by molar-refractivity contribution is 0.0365. The van der Waals surface area contributed by atoms with Gasteiger partial charge in [-0.1, -0.05) is 17.7 Å². The summed E-state index contributed by atoms with van der Waals surface area (Å²) in [6.45, 7) is 2.05. The maximum Gasteiger partial charge on any atom is 0.278 e. The van der Waals surface area contributed by atoms with Crippen LogP contribution < -0.4 is 15.1 Å². The van der Waals surface area contributed by atoms with Crippen molar-refractivity contribution in [2.24, 2.45) is 0 Å². The van der Waals surface area contributed by atoms with Gasteiger partial charge in [-0.15, -0.1) is 0 Å². The number of halogens is 1. The van der Waals surface area contributed by atoms with E-state index in [4.69, 9.17) is 16.4 Å². The third-order valence-corrected chi connectivity index (χ3v) is 5.27. The zero-order valence-electron chi connectivity index (χ0n) is 15.4. The number of nitrogens with zero attached hydrogens (tertiary/aromatic N) is 2. The third kappa shape index (κ3) is 4.73. The molecule has 1 aromatic carbocycles. The highest BCUT2D eigenvalue weighted by Crippen LogP contribution is 2.43. The molecule has 2 N–H and O–H groups in total. The van der Waals surface area contributed by atoms with Crippen molar-refractivity contribution in [3.05, 3.63) is 46.7 Å². The Morgan fingerprint density at radius 2 is 2.07 bits per heavy atom. The highest BCUT2D eigenvalue weighted by Gasteiger charge is 2.25. The summed E-state index contributed by atoms with van der Waals surface area (Å²) in [5, 5.41) is 3.30. The molecule has 0 atom stereocenters. The fourth-order valence-electron chi connectivity index (χ4n) is 2.73. The van der Waals surface area contributed by atoms with Gasteiger partial charge in [0.2, 0.25) is 10.9 Å². The second-order valence-electron chi connectivity index (χ2n) is 6.35. The summed E-state index contributed by atoms with van der Waals surface area (Å²) < 4.78 is 24.3. The Morgan fingerprint density at radius 3 is 2.71 bits per heavy atom. The Bertz CT molecular complexity index is 955. The van der Waals surface area contributed by atoms with E-state index in [1.807, 2.05) is 12.1 Å². The number of nitrogens with one attached hydrogen (secondary N) is 2. The number of carbonyl (C=O) groups is 1. The minimum atomic E-state index is -2.82. The molecule has 1 amide bonds. The fourth-order valence-corrected chi connectivity index (χ4v) is 3.23. The van der Waals surface area contributed by atoms with Gasteiger partial charge in [0.05, 0.1) is 29.2 Å². The highest BCUT2D eigenvalue weighted by molar-refractivity contribution is 7.74. The lowest BCUT2D eigenvalue weighted by Gasteiger charge is -2.20. The minimum Gasteiger partial charge on any atom is -0.353 e. The van der Waals surface area contributed by atoms with Gasteiger partial charge in [0.15, 0.2) is 0 Å². The maximum absolute atomic E-state index is 12.3. The molecule has 1 aromatic heterocycles. The van der Waals surface area contributed by atoms with E-state index in [1.54, 1.807) is 13.0 Å². The molecule has 28 heavy (non-hydrogen) atoms. The molecule has 0 radical (unpaired) electrons. The van der Waals surface area contributed by atoms with E-state index < -0.39 is 16.8 Å². The molecule has 0 aliphatic heterocycles. The topological polar surface area (TPSA) is 101 Å². The number of thiol groups is 1. The number of anilines is 3. The molecule has 150 valence electrons. The minimum absolute atomic E-state index is 0.190. The molecule has 10 heteroatoms. The van der Waals surface area contributed by atoms with Crippen molar-refractivity contribution in [2.45, 2.75) is 25.7 Å². The number of benzene rings is 1. The molecule has 0 unspecified atom stereocenters. The Labute approximate surface area is 169 Å². The molecule has 0 saturated heterocycles. The van der Waals surface area contributed by atoms with E-state index in [0.29, 0.717) is 29.6 Å². The SMILES string of the molecule is CCONC(=O)c1cnc(Cl)cc1Nc1ccc(C2CC2)cc1N(C)[SH](=O)=O.